The van der Waals surface area contributed by atoms with Gasteiger partial charge in [-0.3, -0.25) is 9.69 Å². The van der Waals surface area contributed by atoms with Gasteiger partial charge in [0.2, 0.25) is 15.9 Å². The number of nitrogens with zero attached hydrogens (tertiary/aromatic N) is 2. The number of sulfonamides is 1. The zero-order chi connectivity index (χ0) is 21.0. The highest BCUT2D eigenvalue weighted by molar-refractivity contribution is 7.89. The van der Waals surface area contributed by atoms with Gasteiger partial charge >= 0.3 is 0 Å². The van der Waals surface area contributed by atoms with Gasteiger partial charge in [0.15, 0.2) is 0 Å². The molecule has 7 heteroatoms. The van der Waals surface area contributed by atoms with Gasteiger partial charge in [0.25, 0.3) is 0 Å². The number of carbonyl (C=O) groups excluding carboxylic acids is 1. The second kappa shape index (κ2) is 9.58. The maximum Gasteiger partial charge on any atom is 0.243 e. The zero-order valence-corrected chi connectivity index (χ0v) is 18.7. The van der Waals surface area contributed by atoms with E-state index >= 15 is 0 Å². The van der Waals surface area contributed by atoms with Gasteiger partial charge in [0, 0.05) is 32.2 Å². The van der Waals surface area contributed by atoms with E-state index in [0.717, 1.165) is 0 Å². The average molecular weight is 422 g/mol. The van der Waals surface area contributed by atoms with Crippen molar-refractivity contribution in [3.63, 3.8) is 0 Å². The normalized spacial score (nSPS) is 21.2. The first-order valence-electron chi connectivity index (χ1n) is 10.9. The molecule has 1 heterocycles. The highest BCUT2D eigenvalue weighted by Gasteiger charge is 2.32. The zero-order valence-electron chi connectivity index (χ0n) is 17.9. The van der Waals surface area contributed by atoms with E-state index in [4.69, 9.17) is 0 Å². The monoisotopic (exact) mass is 421 g/mol. The topological polar surface area (TPSA) is 69.7 Å². The number of rotatable bonds is 6. The van der Waals surface area contributed by atoms with Gasteiger partial charge in [0.05, 0.1) is 10.9 Å². The molecule has 1 amide bonds. The molecule has 1 atom stereocenters. The van der Waals surface area contributed by atoms with Crippen molar-refractivity contribution in [1.29, 1.82) is 0 Å². The van der Waals surface area contributed by atoms with Crippen LogP contribution >= 0.6 is 0 Å². The fourth-order valence-electron chi connectivity index (χ4n) is 4.40. The van der Waals surface area contributed by atoms with Crippen molar-refractivity contribution in [2.24, 2.45) is 0 Å². The summed E-state index contributed by atoms with van der Waals surface area (Å²) in [5.74, 6) is 0.567. The average Bonchev–Trinajstić information content (AvgIpc) is 2.73. The molecule has 2 fully saturated rings. The fourth-order valence-corrected chi connectivity index (χ4v) is 5.82. The molecule has 29 heavy (non-hydrogen) atoms. The van der Waals surface area contributed by atoms with E-state index in [1.807, 2.05) is 32.9 Å². The molecule has 3 rings (SSSR count). The number of nitrogens with one attached hydrogen (secondary N) is 1. The van der Waals surface area contributed by atoms with E-state index in [9.17, 15) is 13.2 Å². The van der Waals surface area contributed by atoms with Crippen LogP contribution in [-0.4, -0.2) is 61.8 Å². The van der Waals surface area contributed by atoms with Gasteiger partial charge in [-0.1, -0.05) is 31.4 Å². The summed E-state index contributed by atoms with van der Waals surface area (Å²) < 4.78 is 27.7. The van der Waals surface area contributed by atoms with E-state index in [-0.39, 0.29) is 18.0 Å². The Morgan fingerprint density at radius 2 is 1.55 bits per heavy atom. The molecule has 1 aliphatic carbocycles. The van der Waals surface area contributed by atoms with Crippen LogP contribution in [0.1, 0.15) is 64.4 Å². The first kappa shape index (κ1) is 22.2. The summed E-state index contributed by atoms with van der Waals surface area (Å²) in [5, 5.41) is 2.93. The molecule has 0 aromatic heterocycles. The van der Waals surface area contributed by atoms with Crippen LogP contribution in [0.5, 0.6) is 0 Å². The predicted octanol–water partition coefficient (Wildman–Crippen LogP) is 2.95. The largest absolute Gasteiger partial charge is 0.353 e. The number of piperazine rings is 1. The Labute approximate surface area is 175 Å². The van der Waals surface area contributed by atoms with Crippen LogP contribution in [0.2, 0.25) is 0 Å². The van der Waals surface area contributed by atoms with Crippen LogP contribution < -0.4 is 5.32 Å². The fraction of sp³-hybridized carbons (Fsp3) is 0.682. The Morgan fingerprint density at radius 3 is 2.10 bits per heavy atom. The Hall–Kier alpha value is -1.44. The summed E-state index contributed by atoms with van der Waals surface area (Å²) in [5.41, 5.74) is 1.26. The molecule has 6 nitrogen and oxygen atoms in total. The Bertz CT molecular complexity index is 778. The molecular formula is C22H35N3O3S. The van der Waals surface area contributed by atoms with Gasteiger partial charge in [-0.15, -0.1) is 0 Å². The van der Waals surface area contributed by atoms with Crippen molar-refractivity contribution in [2.45, 2.75) is 75.8 Å². The Balaban J connectivity index is 1.60. The molecule has 162 valence electrons. The molecule has 1 saturated carbocycles. The Kier molecular flexibility index (Phi) is 7.35. The molecule has 1 aliphatic heterocycles. The van der Waals surface area contributed by atoms with Crippen molar-refractivity contribution in [3.05, 3.63) is 29.8 Å². The quantitative estimate of drug-likeness (QED) is 0.767. The smallest absolute Gasteiger partial charge is 0.243 e. The summed E-state index contributed by atoms with van der Waals surface area (Å²) in [7, 11) is -3.49. The predicted molar refractivity (Wildman–Crippen MR) is 115 cm³/mol. The third kappa shape index (κ3) is 5.38. The van der Waals surface area contributed by atoms with Crippen molar-refractivity contribution < 1.29 is 13.2 Å². The van der Waals surface area contributed by atoms with E-state index in [1.165, 1.54) is 37.7 Å². The van der Waals surface area contributed by atoms with Crippen LogP contribution in [0, 0.1) is 0 Å². The van der Waals surface area contributed by atoms with Crippen LogP contribution in [0.3, 0.4) is 0 Å². The standard InChI is InChI=1S/C22H35N3O3S/c1-17(2)23-22(26)18(3)24-13-15-25(16-14-24)29(27,28)21-11-9-20(10-12-21)19-7-5-4-6-8-19/h9-12,17-19H,4-8,13-16H2,1-3H3,(H,23,26)/t18-/m1/s1. The van der Waals surface area contributed by atoms with Crippen molar-refractivity contribution in [3.8, 4) is 0 Å². The van der Waals surface area contributed by atoms with Gasteiger partial charge in [-0.2, -0.15) is 4.31 Å². The lowest BCUT2D eigenvalue weighted by atomic mass is 9.84. The third-order valence-corrected chi connectivity index (χ3v) is 8.14. The van der Waals surface area contributed by atoms with Gasteiger partial charge in [-0.05, 0) is 57.2 Å². The van der Waals surface area contributed by atoms with Crippen LogP contribution in [-0.2, 0) is 14.8 Å². The first-order chi connectivity index (χ1) is 13.8. The van der Waals surface area contributed by atoms with E-state index < -0.39 is 10.0 Å². The van der Waals surface area contributed by atoms with Crippen LogP contribution in [0.25, 0.3) is 0 Å². The lowest BCUT2D eigenvalue weighted by Crippen LogP contribution is -2.55. The minimum atomic E-state index is -3.49. The molecular weight excluding hydrogens is 386 g/mol. The number of benzene rings is 1. The van der Waals surface area contributed by atoms with E-state index in [1.54, 1.807) is 16.4 Å². The first-order valence-corrected chi connectivity index (χ1v) is 12.4. The number of hydrogen-bond donors (Lipinski definition) is 1. The van der Waals surface area contributed by atoms with Crippen molar-refractivity contribution in [2.75, 3.05) is 26.2 Å². The summed E-state index contributed by atoms with van der Waals surface area (Å²) in [4.78, 5) is 14.7. The summed E-state index contributed by atoms with van der Waals surface area (Å²) in [6, 6.07) is 7.38. The second-order valence-corrected chi connectivity index (χ2v) is 10.6. The summed E-state index contributed by atoms with van der Waals surface area (Å²) >= 11 is 0. The van der Waals surface area contributed by atoms with E-state index in [0.29, 0.717) is 37.0 Å². The third-order valence-electron chi connectivity index (χ3n) is 6.23. The van der Waals surface area contributed by atoms with Gasteiger partial charge in [0.1, 0.15) is 0 Å². The number of carbonyl (C=O) groups is 1. The Morgan fingerprint density at radius 1 is 0.966 bits per heavy atom. The minimum Gasteiger partial charge on any atom is -0.353 e. The molecule has 1 N–H and O–H groups in total. The summed E-state index contributed by atoms with van der Waals surface area (Å²) in [6.45, 7) is 7.70. The second-order valence-electron chi connectivity index (χ2n) is 8.68. The summed E-state index contributed by atoms with van der Waals surface area (Å²) in [6.07, 6.45) is 6.26. The maximum absolute atomic E-state index is 13.1. The SMILES string of the molecule is CC(C)NC(=O)[C@@H](C)N1CCN(S(=O)(=O)c2ccc(C3CCCCC3)cc2)CC1. The molecule has 0 unspecified atom stereocenters. The molecule has 1 aromatic rings. The van der Waals surface area contributed by atoms with Crippen LogP contribution in [0.15, 0.2) is 29.2 Å². The number of amides is 1. The molecule has 1 saturated heterocycles. The van der Waals surface area contributed by atoms with Gasteiger partial charge < -0.3 is 5.32 Å². The lowest BCUT2D eigenvalue weighted by molar-refractivity contribution is -0.126. The lowest BCUT2D eigenvalue weighted by Gasteiger charge is -2.37. The molecule has 2 aliphatic rings. The molecule has 1 aromatic carbocycles. The molecule has 0 spiro atoms. The minimum absolute atomic E-state index is 0.00499. The van der Waals surface area contributed by atoms with Crippen LogP contribution in [0.4, 0.5) is 0 Å². The molecule has 0 bridgehead atoms. The van der Waals surface area contributed by atoms with Gasteiger partial charge in [-0.25, -0.2) is 8.42 Å². The van der Waals surface area contributed by atoms with Crippen molar-refractivity contribution >= 4 is 15.9 Å². The number of hydrogen-bond acceptors (Lipinski definition) is 4. The highest BCUT2D eigenvalue weighted by atomic mass is 32.2. The van der Waals surface area contributed by atoms with E-state index in [2.05, 4.69) is 10.2 Å². The molecule has 0 radical (unpaired) electrons. The maximum atomic E-state index is 13.1. The highest BCUT2D eigenvalue weighted by Crippen LogP contribution is 2.33. The van der Waals surface area contributed by atoms with Crippen molar-refractivity contribution in [1.82, 2.24) is 14.5 Å².